The summed E-state index contributed by atoms with van der Waals surface area (Å²) < 4.78 is 5.44. The van der Waals surface area contributed by atoms with Gasteiger partial charge in [0.2, 0.25) is 0 Å². The van der Waals surface area contributed by atoms with Gasteiger partial charge in [0.25, 0.3) is 0 Å². The normalized spacial score (nSPS) is 22.5. The van der Waals surface area contributed by atoms with E-state index in [4.69, 9.17) is 4.74 Å². The van der Waals surface area contributed by atoms with E-state index in [1.54, 1.807) is 20.8 Å². The van der Waals surface area contributed by atoms with E-state index in [2.05, 4.69) is 39.6 Å². The SMILES string of the molecule is CC(C)(C)OC(=O)N1CCC[C@]1(C/C=C/[Si](C)(C)C(C)(C)C)C(=O)O. The van der Waals surface area contributed by atoms with Crippen LogP contribution in [0.4, 0.5) is 4.79 Å². The fraction of sp³-hybridized carbons (Fsp3) is 0.789. The highest BCUT2D eigenvalue weighted by atomic mass is 28.3. The van der Waals surface area contributed by atoms with Crippen LogP contribution >= 0.6 is 0 Å². The average Bonchev–Trinajstić information content (AvgIpc) is 2.80. The first kappa shape index (κ1) is 21.7. The number of carbonyl (C=O) groups excluding carboxylic acids is 1. The fourth-order valence-corrected chi connectivity index (χ4v) is 3.99. The lowest BCUT2D eigenvalue weighted by Crippen LogP contribution is -2.54. The number of carbonyl (C=O) groups is 2. The molecular weight excluding hydrogens is 334 g/mol. The minimum Gasteiger partial charge on any atom is -0.479 e. The first-order valence-corrected chi connectivity index (χ1v) is 12.1. The third-order valence-corrected chi connectivity index (χ3v) is 10.4. The van der Waals surface area contributed by atoms with Crippen LogP contribution < -0.4 is 0 Å². The third-order valence-electron chi connectivity index (χ3n) is 5.42. The largest absolute Gasteiger partial charge is 0.479 e. The van der Waals surface area contributed by atoms with E-state index in [0.29, 0.717) is 25.8 Å². The minimum absolute atomic E-state index is 0.195. The smallest absolute Gasteiger partial charge is 0.411 e. The van der Waals surface area contributed by atoms with E-state index < -0.39 is 31.3 Å². The lowest BCUT2D eigenvalue weighted by molar-refractivity contribution is -0.149. The van der Waals surface area contributed by atoms with Crippen molar-refractivity contribution in [2.24, 2.45) is 0 Å². The summed E-state index contributed by atoms with van der Waals surface area (Å²) in [5, 5.41) is 10.1. The number of likely N-dealkylation sites (tertiary alicyclic amines) is 1. The van der Waals surface area contributed by atoms with Crippen LogP contribution in [0.2, 0.25) is 18.1 Å². The molecule has 0 aromatic heterocycles. The number of aliphatic carboxylic acids is 1. The molecule has 144 valence electrons. The highest BCUT2D eigenvalue weighted by molar-refractivity contribution is 6.84. The Morgan fingerprint density at radius 3 is 2.20 bits per heavy atom. The molecule has 0 saturated carbocycles. The zero-order valence-corrected chi connectivity index (χ0v) is 18.1. The van der Waals surface area contributed by atoms with E-state index in [1.807, 2.05) is 6.08 Å². The molecule has 1 N–H and O–H groups in total. The van der Waals surface area contributed by atoms with Crippen molar-refractivity contribution in [3.63, 3.8) is 0 Å². The predicted molar refractivity (Wildman–Crippen MR) is 103 cm³/mol. The van der Waals surface area contributed by atoms with Crippen LogP contribution in [0.1, 0.15) is 60.8 Å². The van der Waals surface area contributed by atoms with E-state index in [9.17, 15) is 14.7 Å². The fourth-order valence-electron chi connectivity index (χ4n) is 2.78. The number of ether oxygens (including phenoxy) is 1. The molecule has 25 heavy (non-hydrogen) atoms. The van der Waals surface area contributed by atoms with Gasteiger partial charge < -0.3 is 9.84 Å². The van der Waals surface area contributed by atoms with Crippen LogP contribution in [0.15, 0.2) is 11.8 Å². The Labute approximate surface area is 153 Å². The molecule has 1 heterocycles. The molecule has 0 aromatic rings. The molecule has 6 heteroatoms. The summed E-state index contributed by atoms with van der Waals surface area (Å²) in [5.74, 6) is -0.948. The Bertz CT molecular complexity index is 543. The molecule has 0 unspecified atom stereocenters. The summed E-state index contributed by atoms with van der Waals surface area (Å²) in [6.45, 7) is 17.0. The van der Waals surface area contributed by atoms with Crippen LogP contribution in [0.3, 0.4) is 0 Å². The van der Waals surface area contributed by atoms with Gasteiger partial charge in [-0.3, -0.25) is 4.90 Å². The molecule has 1 aliphatic rings. The zero-order chi connectivity index (χ0) is 19.7. The molecule has 0 radical (unpaired) electrons. The predicted octanol–water partition coefficient (Wildman–Crippen LogP) is 4.83. The monoisotopic (exact) mass is 369 g/mol. The average molecular weight is 370 g/mol. The van der Waals surface area contributed by atoms with Crippen molar-refractivity contribution in [3.8, 4) is 0 Å². The number of rotatable bonds is 4. The highest BCUT2D eigenvalue weighted by Crippen LogP contribution is 2.38. The molecule has 0 aromatic carbocycles. The minimum atomic E-state index is -1.64. The van der Waals surface area contributed by atoms with E-state index in [1.165, 1.54) is 4.90 Å². The molecule has 1 fully saturated rings. The van der Waals surface area contributed by atoms with Crippen LogP contribution in [-0.2, 0) is 9.53 Å². The Hall–Kier alpha value is -1.30. The highest BCUT2D eigenvalue weighted by Gasteiger charge is 2.50. The second-order valence-electron chi connectivity index (χ2n) is 9.65. The topological polar surface area (TPSA) is 66.8 Å². The van der Waals surface area contributed by atoms with E-state index in [0.717, 1.165) is 0 Å². The number of nitrogens with zero attached hydrogens (tertiary/aromatic N) is 1. The van der Waals surface area contributed by atoms with Gasteiger partial charge >= 0.3 is 12.1 Å². The number of hydrogen-bond acceptors (Lipinski definition) is 3. The van der Waals surface area contributed by atoms with Gasteiger partial charge in [-0.05, 0) is 45.1 Å². The van der Waals surface area contributed by atoms with Crippen molar-refractivity contribution >= 4 is 20.1 Å². The molecule has 0 bridgehead atoms. The van der Waals surface area contributed by atoms with E-state index in [-0.39, 0.29) is 5.04 Å². The van der Waals surface area contributed by atoms with Gasteiger partial charge in [0.15, 0.2) is 0 Å². The van der Waals surface area contributed by atoms with Crippen LogP contribution in [0.25, 0.3) is 0 Å². The maximum Gasteiger partial charge on any atom is 0.411 e. The maximum absolute atomic E-state index is 12.5. The lowest BCUT2D eigenvalue weighted by Gasteiger charge is -2.36. The maximum atomic E-state index is 12.5. The summed E-state index contributed by atoms with van der Waals surface area (Å²) >= 11 is 0. The number of carboxylic acid groups (broad SMARTS) is 1. The van der Waals surface area contributed by atoms with Crippen molar-refractivity contribution in [3.05, 3.63) is 11.8 Å². The zero-order valence-electron chi connectivity index (χ0n) is 17.1. The van der Waals surface area contributed by atoms with Crippen molar-refractivity contribution in [1.82, 2.24) is 4.90 Å². The summed E-state index contributed by atoms with van der Waals surface area (Å²) in [4.78, 5) is 26.0. The standard InChI is InChI=1S/C19H35NO4Si/c1-17(2,3)24-16(23)20-13-9-11-19(20,15(21)22)12-10-14-25(7,8)18(4,5)6/h10,14H,9,11-13H2,1-8H3,(H,21,22)/b14-10+/t19-/m0/s1. The van der Waals surface area contributed by atoms with Gasteiger partial charge in [-0.2, -0.15) is 0 Å². The second kappa shape index (κ2) is 7.14. The van der Waals surface area contributed by atoms with Crippen molar-refractivity contribution in [2.45, 2.75) is 90.1 Å². The van der Waals surface area contributed by atoms with Crippen LogP contribution in [0.5, 0.6) is 0 Å². The molecule has 1 amide bonds. The molecule has 5 nitrogen and oxygen atoms in total. The van der Waals surface area contributed by atoms with Crippen molar-refractivity contribution in [2.75, 3.05) is 6.54 Å². The Kier molecular flexibility index (Phi) is 6.20. The van der Waals surface area contributed by atoms with Gasteiger partial charge in [-0.15, -0.1) is 0 Å². The van der Waals surface area contributed by atoms with Gasteiger partial charge in [0.05, 0.1) is 8.07 Å². The van der Waals surface area contributed by atoms with Crippen molar-refractivity contribution in [1.29, 1.82) is 0 Å². The second-order valence-corrected chi connectivity index (χ2v) is 14.9. The molecule has 1 rings (SSSR count). The molecule has 0 spiro atoms. The molecule has 1 aliphatic heterocycles. The Morgan fingerprint density at radius 1 is 1.20 bits per heavy atom. The third kappa shape index (κ3) is 5.09. The Balaban J connectivity index is 3.04. The quantitative estimate of drug-likeness (QED) is 0.720. The van der Waals surface area contributed by atoms with Gasteiger partial charge in [-0.1, -0.05) is 45.6 Å². The number of amides is 1. The van der Waals surface area contributed by atoms with Crippen LogP contribution in [-0.4, -0.2) is 47.8 Å². The summed E-state index contributed by atoms with van der Waals surface area (Å²) in [5.41, 5.74) is 0.380. The summed E-state index contributed by atoms with van der Waals surface area (Å²) in [7, 11) is -1.64. The van der Waals surface area contributed by atoms with Gasteiger partial charge in [-0.25, -0.2) is 9.59 Å². The molecule has 0 aliphatic carbocycles. The molecule has 1 atom stereocenters. The summed E-state index contributed by atoms with van der Waals surface area (Å²) in [6, 6.07) is 0. The van der Waals surface area contributed by atoms with Crippen LogP contribution in [0, 0.1) is 0 Å². The van der Waals surface area contributed by atoms with Gasteiger partial charge in [0, 0.05) is 6.54 Å². The molecule has 1 saturated heterocycles. The first-order valence-electron chi connectivity index (χ1n) is 9.04. The number of carboxylic acids is 1. The Morgan fingerprint density at radius 2 is 1.76 bits per heavy atom. The van der Waals surface area contributed by atoms with E-state index >= 15 is 0 Å². The lowest BCUT2D eigenvalue weighted by atomic mass is 9.92. The summed E-state index contributed by atoms with van der Waals surface area (Å²) in [6.07, 6.45) is 2.92. The molecular formula is C19H35NO4Si. The first-order chi connectivity index (χ1) is 11.1. The van der Waals surface area contributed by atoms with Crippen molar-refractivity contribution < 1.29 is 19.4 Å². The van der Waals surface area contributed by atoms with Gasteiger partial charge in [0.1, 0.15) is 11.1 Å². The number of hydrogen-bond donors (Lipinski definition) is 1.